The lowest BCUT2D eigenvalue weighted by molar-refractivity contribution is -0.137. The summed E-state index contributed by atoms with van der Waals surface area (Å²) in [5.41, 5.74) is 1.09. The van der Waals surface area contributed by atoms with E-state index in [1.807, 2.05) is 0 Å². The average Bonchev–Trinajstić information content (AvgIpc) is 2.16. The molecule has 1 N–H and O–H groups in total. The topological polar surface area (TPSA) is 46.5 Å². The van der Waals surface area contributed by atoms with Crippen LogP contribution in [0.5, 0.6) is 5.75 Å². The van der Waals surface area contributed by atoms with E-state index < -0.39 is 0 Å². The van der Waals surface area contributed by atoms with Crippen molar-refractivity contribution >= 4 is 17.9 Å². The second kappa shape index (κ2) is 4.09. The van der Waals surface area contributed by atoms with Crippen LogP contribution in [0.4, 0.5) is 0 Å². The van der Waals surface area contributed by atoms with Crippen LogP contribution in [0, 0.1) is 0 Å². The van der Waals surface area contributed by atoms with Crippen molar-refractivity contribution in [2.75, 3.05) is 0 Å². The molecule has 0 aliphatic carbocycles. The molecule has 0 spiro atoms. The Balaban J connectivity index is 3.10. The summed E-state index contributed by atoms with van der Waals surface area (Å²) < 4.78 is 0. The first-order valence-corrected chi connectivity index (χ1v) is 3.80. The highest BCUT2D eigenvalue weighted by Crippen LogP contribution is 2.18. The first-order valence-electron chi connectivity index (χ1n) is 3.27. The monoisotopic (exact) mass is 186 g/mol. The van der Waals surface area contributed by atoms with E-state index in [1.165, 1.54) is 6.07 Å². The SMILES string of the molecule is O=Cc1cc(CCl)ccc1OO. The zero-order valence-corrected chi connectivity index (χ0v) is 6.91. The van der Waals surface area contributed by atoms with Crippen LogP contribution in [0.2, 0.25) is 0 Å². The number of rotatable bonds is 3. The molecule has 0 heterocycles. The Kier molecular flexibility index (Phi) is 3.08. The van der Waals surface area contributed by atoms with Crippen molar-refractivity contribution in [2.45, 2.75) is 5.88 Å². The van der Waals surface area contributed by atoms with Crippen molar-refractivity contribution in [1.82, 2.24) is 0 Å². The van der Waals surface area contributed by atoms with Crippen LogP contribution in [0.1, 0.15) is 15.9 Å². The third kappa shape index (κ3) is 1.75. The van der Waals surface area contributed by atoms with Gasteiger partial charge in [0, 0.05) is 5.88 Å². The van der Waals surface area contributed by atoms with Gasteiger partial charge in [-0.1, -0.05) is 6.07 Å². The van der Waals surface area contributed by atoms with Gasteiger partial charge < -0.3 is 4.89 Å². The Labute approximate surface area is 74.5 Å². The van der Waals surface area contributed by atoms with Gasteiger partial charge in [0.2, 0.25) is 0 Å². The molecular weight excluding hydrogens is 180 g/mol. The van der Waals surface area contributed by atoms with Crippen LogP contribution in [0.15, 0.2) is 18.2 Å². The number of halogens is 1. The maximum Gasteiger partial charge on any atom is 0.175 e. The number of hydrogen-bond donors (Lipinski definition) is 1. The summed E-state index contributed by atoms with van der Waals surface area (Å²) in [5.74, 6) is 0.464. The molecule has 0 aliphatic heterocycles. The van der Waals surface area contributed by atoms with Gasteiger partial charge in [-0.15, -0.1) is 11.6 Å². The predicted molar refractivity (Wildman–Crippen MR) is 44.6 cm³/mol. The molecule has 64 valence electrons. The van der Waals surface area contributed by atoms with Crippen molar-refractivity contribution in [3.63, 3.8) is 0 Å². The zero-order valence-electron chi connectivity index (χ0n) is 6.16. The normalized spacial score (nSPS) is 9.50. The molecule has 1 rings (SSSR count). The Hall–Kier alpha value is -1.06. The Morgan fingerprint density at radius 1 is 1.58 bits per heavy atom. The third-order valence-electron chi connectivity index (χ3n) is 1.45. The minimum absolute atomic E-state index is 0.138. The fourth-order valence-electron chi connectivity index (χ4n) is 0.856. The van der Waals surface area contributed by atoms with Gasteiger partial charge in [-0.3, -0.25) is 4.79 Å². The fourth-order valence-corrected chi connectivity index (χ4v) is 1.02. The number of carbonyl (C=O) groups is 1. The number of hydrogen-bond acceptors (Lipinski definition) is 3. The molecule has 0 radical (unpaired) electrons. The van der Waals surface area contributed by atoms with E-state index in [0.29, 0.717) is 12.2 Å². The van der Waals surface area contributed by atoms with Crippen LogP contribution in [0.3, 0.4) is 0 Å². The summed E-state index contributed by atoms with van der Waals surface area (Å²) in [6.45, 7) is 0. The standard InChI is InChI=1S/C8H7ClO3/c9-4-6-1-2-8(12-11)7(3-6)5-10/h1-3,5,11H,4H2. The molecular formula is C8H7ClO3. The van der Waals surface area contributed by atoms with Crippen LogP contribution < -0.4 is 4.89 Å². The average molecular weight is 187 g/mol. The first-order chi connectivity index (χ1) is 5.81. The smallest absolute Gasteiger partial charge is 0.175 e. The van der Waals surface area contributed by atoms with E-state index in [-0.39, 0.29) is 11.3 Å². The van der Waals surface area contributed by atoms with E-state index >= 15 is 0 Å². The van der Waals surface area contributed by atoms with Crippen molar-refractivity contribution in [2.24, 2.45) is 0 Å². The molecule has 4 heteroatoms. The maximum absolute atomic E-state index is 10.4. The van der Waals surface area contributed by atoms with E-state index in [2.05, 4.69) is 4.89 Å². The van der Waals surface area contributed by atoms with Gasteiger partial charge in [0.1, 0.15) is 0 Å². The fraction of sp³-hybridized carbons (Fsp3) is 0.125. The second-order valence-electron chi connectivity index (χ2n) is 2.21. The molecule has 1 aromatic rings. The van der Waals surface area contributed by atoms with Crippen LogP contribution in [-0.2, 0) is 5.88 Å². The molecule has 0 aliphatic rings. The second-order valence-corrected chi connectivity index (χ2v) is 2.48. The van der Waals surface area contributed by atoms with Gasteiger partial charge in [0.05, 0.1) is 5.56 Å². The van der Waals surface area contributed by atoms with Gasteiger partial charge in [0.15, 0.2) is 12.0 Å². The summed E-state index contributed by atoms with van der Waals surface area (Å²) >= 11 is 5.53. The Bertz CT molecular complexity index is 286. The molecule has 12 heavy (non-hydrogen) atoms. The quantitative estimate of drug-likeness (QED) is 0.340. The highest BCUT2D eigenvalue weighted by atomic mass is 35.5. The van der Waals surface area contributed by atoms with Crippen molar-refractivity contribution in [3.05, 3.63) is 29.3 Å². The highest BCUT2D eigenvalue weighted by Gasteiger charge is 2.03. The molecule has 0 saturated carbocycles. The zero-order chi connectivity index (χ0) is 8.97. The van der Waals surface area contributed by atoms with Crippen molar-refractivity contribution < 1.29 is 14.9 Å². The summed E-state index contributed by atoms with van der Waals surface area (Å²) in [7, 11) is 0. The number of aldehydes is 1. The van der Waals surface area contributed by atoms with Gasteiger partial charge in [-0.2, -0.15) is 0 Å². The first kappa shape index (κ1) is 9.03. The molecule has 0 unspecified atom stereocenters. The van der Waals surface area contributed by atoms with Gasteiger partial charge >= 0.3 is 0 Å². The molecule has 0 atom stereocenters. The number of benzene rings is 1. The molecule has 0 saturated heterocycles. The summed E-state index contributed by atoms with van der Waals surface area (Å²) in [6.07, 6.45) is 0.599. The summed E-state index contributed by atoms with van der Waals surface area (Å²) in [6, 6.07) is 4.72. The number of carbonyl (C=O) groups excluding carboxylic acids is 1. The summed E-state index contributed by atoms with van der Waals surface area (Å²) in [5, 5.41) is 8.32. The van der Waals surface area contributed by atoms with Gasteiger partial charge in [0.25, 0.3) is 0 Å². The van der Waals surface area contributed by atoms with Crippen LogP contribution in [0.25, 0.3) is 0 Å². The van der Waals surface area contributed by atoms with E-state index in [4.69, 9.17) is 16.9 Å². The minimum atomic E-state index is 0.138. The molecule has 0 bridgehead atoms. The number of alkyl halides is 1. The molecule has 1 aromatic carbocycles. The lowest BCUT2D eigenvalue weighted by Gasteiger charge is -2.01. The van der Waals surface area contributed by atoms with E-state index in [1.54, 1.807) is 12.1 Å². The van der Waals surface area contributed by atoms with Gasteiger partial charge in [-0.05, 0) is 17.7 Å². The van der Waals surface area contributed by atoms with E-state index in [0.717, 1.165) is 5.56 Å². The van der Waals surface area contributed by atoms with Crippen molar-refractivity contribution in [3.8, 4) is 5.75 Å². The highest BCUT2D eigenvalue weighted by molar-refractivity contribution is 6.17. The lowest BCUT2D eigenvalue weighted by atomic mass is 10.1. The Morgan fingerprint density at radius 3 is 2.83 bits per heavy atom. The molecule has 0 fully saturated rings. The molecule has 0 aromatic heterocycles. The minimum Gasteiger partial charge on any atom is -0.339 e. The molecule has 0 amide bonds. The maximum atomic E-state index is 10.4. The third-order valence-corrected chi connectivity index (χ3v) is 1.76. The largest absolute Gasteiger partial charge is 0.339 e. The lowest BCUT2D eigenvalue weighted by Crippen LogP contribution is -1.92. The molecule has 3 nitrogen and oxygen atoms in total. The van der Waals surface area contributed by atoms with Crippen LogP contribution >= 0.6 is 11.6 Å². The predicted octanol–water partition coefficient (Wildman–Crippen LogP) is 2.09. The van der Waals surface area contributed by atoms with Gasteiger partial charge in [-0.25, -0.2) is 5.26 Å². The van der Waals surface area contributed by atoms with Crippen LogP contribution in [-0.4, -0.2) is 11.5 Å². The van der Waals surface area contributed by atoms with E-state index in [9.17, 15) is 4.79 Å². The summed E-state index contributed by atoms with van der Waals surface area (Å²) in [4.78, 5) is 14.4. The Morgan fingerprint density at radius 2 is 2.33 bits per heavy atom. The van der Waals surface area contributed by atoms with Crippen molar-refractivity contribution in [1.29, 1.82) is 0 Å².